The Hall–Kier alpha value is -3.56. The Morgan fingerprint density at radius 1 is 0.804 bits per heavy atom. The summed E-state index contributed by atoms with van der Waals surface area (Å²) in [7, 11) is 0. The zero-order chi connectivity index (χ0) is 31.3. The number of halogens is 2. The molecule has 4 aliphatic rings. The van der Waals surface area contributed by atoms with Crippen LogP contribution in [-0.2, 0) is 16.1 Å². The summed E-state index contributed by atoms with van der Waals surface area (Å²) >= 11 is 15.7. The molecule has 3 aromatic carbocycles. The van der Waals surface area contributed by atoms with Crippen LogP contribution in [0.15, 0.2) is 105 Å². The number of amides is 2. The molecule has 4 heterocycles. The van der Waals surface area contributed by atoms with Gasteiger partial charge >= 0.3 is 4.87 Å². The van der Waals surface area contributed by atoms with Crippen molar-refractivity contribution in [3.8, 4) is 11.3 Å². The Kier molecular flexibility index (Phi) is 6.69. The molecule has 5 aromatic rings. The number of hydrogen-bond acceptors (Lipinski definition) is 6. The van der Waals surface area contributed by atoms with Crippen LogP contribution < -0.4 is 9.77 Å². The van der Waals surface area contributed by atoms with E-state index in [9.17, 15) is 14.4 Å². The van der Waals surface area contributed by atoms with Gasteiger partial charge in [-0.05, 0) is 78.3 Å². The lowest BCUT2D eigenvalue weighted by Crippen LogP contribution is -2.43. The van der Waals surface area contributed by atoms with Crippen LogP contribution in [0, 0.1) is 29.6 Å². The Labute approximate surface area is 282 Å². The minimum Gasteiger partial charge on any atom is -0.460 e. The minimum atomic E-state index is -0.403. The maximum atomic E-state index is 14.1. The van der Waals surface area contributed by atoms with E-state index in [0.717, 1.165) is 33.2 Å². The SMILES string of the molecule is O=C1[C@H]2[C@@H]3C[C@@H]([C@@H]2C(=O)N1c1ccc(Cl)cc1)[C@@H]1[C@H](c2ccc(-c4ccccc4Cl)o2)c2sc(=O)n(Cc4ccccc4)c2S[C@H]31. The van der Waals surface area contributed by atoms with Gasteiger partial charge in [0, 0.05) is 15.8 Å². The lowest BCUT2D eigenvalue weighted by atomic mass is 9.69. The molecule has 2 amide bonds. The monoisotopic (exact) mass is 684 g/mol. The predicted octanol–water partition coefficient (Wildman–Crippen LogP) is 8.20. The highest BCUT2D eigenvalue weighted by Crippen LogP contribution is 2.69. The Bertz CT molecular complexity index is 2090. The number of fused-ring (bicyclic) bond motifs is 9. The van der Waals surface area contributed by atoms with Crippen molar-refractivity contribution in [2.24, 2.45) is 29.6 Å². The predicted molar refractivity (Wildman–Crippen MR) is 181 cm³/mol. The molecule has 6 nitrogen and oxygen atoms in total. The summed E-state index contributed by atoms with van der Waals surface area (Å²) in [5, 5.41) is 2.14. The van der Waals surface area contributed by atoms with Crippen molar-refractivity contribution < 1.29 is 14.0 Å². The Morgan fingerprint density at radius 2 is 1.52 bits per heavy atom. The number of nitrogens with zero attached hydrogens (tertiary/aromatic N) is 2. The molecular weight excluding hydrogens is 659 g/mol. The van der Waals surface area contributed by atoms with Gasteiger partial charge < -0.3 is 4.42 Å². The molecule has 10 heteroatoms. The fourth-order valence-electron chi connectivity index (χ4n) is 8.51. The van der Waals surface area contributed by atoms with Crippen LogP contribution in [0.4, 0.5) is 5.69 Å². The average molecular weight is 686 g/mol. The second kappa shape index (κ2) is 10.7. The van der Waals surface area contributed by atoms with Crippen molar-refractivity contribution in [3.63, 3.8) is 0 Å². The summed E-state index contributed by atoms with van der Waals surface area (Å²) in [6, 6.07) is 28.4. The van der Waals surface area contributed by atoms with E-state index in [-0.39, 0.29) is 51.5 Å². The van der Waals surface area contributed by atoms with E-state index in [1.165, 1.54) is 16.2 Å². The highest BCUT2D eigenvalue weighted by molar-refractivity contribution is 8.00. The quantitative estimate of drug-likeness (QED) is 0.175. The van der Waals surface area contributed by atoms with Crippen molar-refractivity contribution in [1.82, 2.24) is 4.57 Å². The van der Waals surface area contributed by atoms with Gasteiger partial charge in [0.25, 0.3) is 0 Å². The second-order valence-electron chi connectivity index (χ2n) is 12.5. The molecule has 0 radical (unpaired) electrons. The maximum Gasteiger partial charge on any atom is 0.308 e. The van der Waals surface area contributed by atoms with Gasteiger partial charge in [-0.3, -0.25) is 23.9 Å². The molecule has 2 bridgehead atoms. The molecule has 46 heavy (non-hydrogen) atoms. The zero-order valence-corrected chi connectivity index (χ0v) is 27.4. The Morgan fingerprint density at radius 3 is 2.28 bits per heavy atom. The van der Waals surface area contributed by atoms with Gasteiger partial charge in [-0.25, -0.2) is 0 Å². The topological polar surface area (TPSA) is 72.5 Å². The lowest BCUT2D eigenvalue weighted by Gasteiger charge is -2.42. The van der Waals surface area contributed by atoms with E-state index in [1.54, 1.807) is 36.0 Å². The van der Waals surface area contributed by atoms with Crippen LogP contribution in [0.2, 0.25) is 10.0 Å². The van der Waals surface area contributed by atoms with Crippen molar-refractivity contribution in [2.75, 3.05) is 4.90 Å². The molecule has 1 saturated heterocycles. The normalized spacial score (nSPS) is 27.6. The van der Waals surface area contributed by atoms with E-state index in [4.69, 9.17) is 27.6 Å². The van der Waals surface area contributed by atoms with Crippen molar-refractivity contribution in [1.29, 1.82) is 0 Å². The second-order valence-corrected chi connectivity index (χ2v) is 15.5. The number of thioether (sulfide) groups is 1. The first kappa shape index (κ1) is 28.6. The molecule has 2 saturated carbocycles. The van der Waals surface area contributed by atoms with Crippen LogP contribution in [0.25, 0.3) is 11.3 Å². The third-order valence-electron chi connectivity index (χ3n) is 10.3. The molecule has 7 atom stereocenters. The molecule has 0 unspecified atom stereocenters. The van der Waals surface area contributed by atoms with Crippen molar-refractivity contribution >= 4 is 63.8 Å². The van der Waals surface area contributed by atoms with Gasteiger partial charge in [-0.15, -0.1) is 11.8 Å². The standard InChI is InChI=1S/C36H26Cl2N2O4S2/c37-19-10-12-20(13-11-19)40-33(41)28-22-16-23(29(28)34(40)42)31-27(22)30(26-15-14-25(44-26)21-8-4-5-9-24(21)38)32-35(45-31)39(36(43)46-32)17-18-6-2-1-3-7-18/h1-15,22-23,27-31H,16-17H2/t22-,23+,27-,28+,29+,30+,31-/m1/s1. The molecule has 9 rings (SSSR count). The number of anilines is 1. The van der Waals surface area contributed by atoms with Crippen molar-refractivity contribution in [3.05, 3.63) is 127 Å². The summed E-state index contributed by atoms with van der Waals surface area (Å²) in [6.07, 6.45) is 0.802. The third-order valence-corrected chi connectivity index (χ3v) is 13.7. The highest BCUT2D eigenvalue weighted by atomic mass is 35.5. The maximum absolute atomic E-state index is 14.1. The third kappa shape index (κ3) is 4.20. The number of aromatic nitrogens is 1. The van der Waals surface area contributed by atoms with E-state index in [2.05, 4.69) is 0 Å². The first-order chi connectivity index (χ1) is 22.4. The average Bonchev–Trinajstić information content (AvgIpc) is 3.87. The lowest BCUT2D eigenvalue weighted by molar-refractivity contribution is -0.123. The van der Waals surface area contributed by atoms with Crippen LogP contribution >= 0.6 is 46.3 Å². The molecule has 2 aromatic heterocycles. The largest absolute Gasteiger partial charge is 0.460 e. The number of thiazole rings is 1. The first-order valence-electron chi connectivity index (χ1n) is 15.3. The minimum absolute atomic E-state index is 0.00702. The van der Waals surface area contributed by atoms with E-state index in [0.29, 0.717) is 28.0 Å². The molecule has 2 aliphatic carbocycles. The zero-order valence-electron chi connectivity index (χ0n) is 24.2. The van der Waals surface area contributed by atoms with Gasteiger partial charge in [-0.1, -0.05) is 77.0 Å². The highest BCUT2D eigenvalue weighted by Gasteiger charge is 2.70. The molecule has 0 N–H and O–H groups in total. The van der Waals surface area contributed by atoms with Crippen LogP contribution in [0.1, 0.15) is 28.5 Å². The number of imide groups is 1. The number of benzene rings is 3. The van der Waals surface area contributed by atoms with Gasteiger partial charge in [-0.2, -0.15) is 0 Å². The fraction of sp³-hybridized carbons (Fsp3) is 0.250. The summed E-state index contributed by atoms with van der Waals surface area (Å²) in [5.41, 5.74) is 2.41. The number of carbonyl (C=O) groups excluding carboxylic acids is 2. The summed E-state index contributed by atoms with van der Waals surface area (Å²) in [5.74, 6) is 0.161. The number of rotatable bonds is 5. The molecular formula is C36H26Cl2N2O4S2. The first-order valence-corrected chi connectivity index (χ1v) is 17.8. The molecule has 230 valence electrons. The van der Waals surface area contributed by atoms with Gasteiger partial charge in [0.1, 0.15) is 11.5 Å². The number of hydrogen-bond donors (Lipinski definition) is 0. The molecule has 3 fully saturated rings. The van der Waals surface area contributed by atoms with Crippen LogP contribution in [0.5, 0.6) is 0 Å². The van der Waals surface area contributed by atoms with Gasteiger partial charge in [0.2, 0.25) is 11.8 Å². The van der Waals surface area contributed by atoms with Crippen molar-refractivity contribution in [2.45, 2.75) is 29.2 Å². The molecule has 2 aliphatic heterocycles. The van der Waals surface area contributed by atoms with E-state index in [1.807, 2.05) is 71.3 Å². The number of carbonyl (C=O) groups is 2. The Balaban J connectivity index is 1.16. The van der Waals surface area contributed by atoms with E-state index < -0.39 is 5.92 Å². The fourth-order valence-corrected chi connectivity index (χ4v) is 12.0. The molecule has 0 spiro atoms. The van der Waals surface area contributed by atoms with Gasteiger partial charge in [0.15, 0.2) is 0 Å². The summed E-state index contributed by atoms with van der Waals surface area (Å²) in [6.45, 7) is 0.466. The smallest absolute Gasteiger partial charge is 0.308 e. The number of furan rings is 1. The van der Waals surface area contributed by atoms with Crippen LogP contribution in [0.3, 0.4) is 0 Å². The van der Waals surface area contributed by atoms with Gasteiger partial charge in [0.05, 0.1) is 44.9 Å². The van der Waals surface area contributed by atoms with E-state index >= 15 is 0 Å². The summed E-state index contributed by atoms with van der Waals surface area (Å²) < 4.78 is 8.50. The van der Waals surface area contributed by atoms with Crippen LogP contribution in [-0.4, -0.2) is 21.6 Å². The summed E-state index contributed by atoms with van der Waals surface area (Å²) in [4.78, 5) is 44.1.